The van der Waals surface area contributed by atoms with Gasteiger partial charge in [-0.25, -0.2) is 4.79 Å². The molecule has 0 unspecified atom stereocenters. The molecular weight excluding hydrogens is 358 g/mol. The molecule has 154 valence electrons. The molecular formula is C21H31N3O4. The Balaban J connectivity index is 2.17. The molecule has 0 spiro atoms. The summed E-state index contributed by atoms with van der Waals surface area (Å²) in [7, 11) is 1.55. The van der Waals surface area contributed by atoms with E-state index in [0.29, 0.717) is 19.4 Å². The van der Waals surface area contributed by atoms with Gasteiger partial charge in [0, 0.05) is 20.0 Å². The van der Waals surface area contributed by atoms with E-state index in [0.717, 1.165) is 18.4 Å². The predicted octanol–water partition coefficient (Wildman–Crippen LogP) is 2.25. The zero-order chi connectivity index (χ0) is 20.7. The number of carbonyl (C=O) groups excluding carboxylic acids is 3. The summed E-state index contributed by atoms with van der Waals surface area (Å²) in [6.07, 6.45) is 2.09. The number of carbonyl (C=O) groups is 3. The summed E-state index contributed by atoms with van der Waals surface area (Å²) >= 11 is 0. The molecule has 3 amide bonds. The van der Waals surface area contributed by atoms with Gasteiger partial charge in [0.05, 0.1) is 0 Å². The molecule has 0 aromatic heterocycles. The van der Waals surface area contributed by atoms with Gasteiger partial charge in [0.1, 0.15) is 17.7 Å². The topological polar surface area (TPSA) is 87.7 Å². The van der Waals surface area contributed by atoms with E-state index in [1.807, 2.05) is 30.3 Å². The van der Waals surface area contributed by atoms with Crippen molar-refractivity contribution in [3.63, 3.8) is 0 Å². The third-order valence-corrected chi connectivity index (χ3v) is 4.58. The van der Waals surface area contributed by atoms with E-state index in [4.69, 9.17) is 4.74 Å². The lowest BCUT2D eigenvalue weighted by atomic mass is 10.0. The highest BCUT2D eigenvalue weighted by molar-refractivity contribution is 5.91. The maximum absolute atomic E-state index is 13.0. The quantitative estimate of drug-likeness (QED) is 0.809. The molecule has 1 heterocycles. The average molecular weight is 389 g/mol. The van der Waals surface area contributed by atoms with Gasteiger partial charge in [-0.05, 0) is 45.6 Å². The summed E-state index contributed by atoms with van der Waals surface area (Å²) in [6.45, 7) is 5.96. The second kappa shape index (κ2) is 9.57. The first-order chi connectivity index (χ1) is 13.2. The standard InChI is InChI=1S/C21H31N3O4/c1-21(2,3)28-20(27)24(4)17(14-15-10-6-5-7-11-15)19(26)23-16-12-8-9-13-22-18(16)25/h5-7,10-11,16-17H,8-9,12-14H2,1-4H3,(H,22,25)(H,23,26)/t16-,17+/m0/s1. The van der Waals surface area contributed by atoms with Crippen molar-refractivity contribution < 1.29 is 19.1 Å². The minimum Gasteiger partial charge on any atom is -0.444 e. The molecule has 0 saturated carbocycles. The van der Waals surface area contributed by atoms with E-state index in [1.54, 1.807) is 27.8 Å². The largest absolute Gasteiger partial charge is 0.444 e. The number of rotatable bonds is 5. The second-order valence-corrected chi connectivity index (χ2v) is 8.14. The molecule has 2 atom stereocenters. The van der Waals surface area contributed by atoms with E-state index in [1.165, 1.54) is 4.90 Å². The first-order valence-corrected chi connectivity index (χ1v) is 9.75. The fourth-order valence-electron chi connectivity index (χ4n) is 3.05. The fourth-order valence-corrected chi connectivity index (χ4v) is 3.05. The zero-order valence-corrected chi connectivity index (χ0v) is 17.2. The van der Waals surface area contributed by atoms with E-state index >= 15 is 0 Å². The summed E-state index contributed by atoms with van der Waals surface area (Å²) in [5.41, 5.74) is 0.253. The molecule has 1 saturated heterocycles. The van der Waals surface area contributed by atoms with Crippen LogP contribution in [0.25, 0.3) is 0 Å². The molecule has 0 bridgehead atoms. The van der Waals surface area contributed by atoms with Gasteiger partial charge in [0.25, 0.3) is 0 Å². The first kappa shape index (κ1) is 21.7. The Kier molecular flexibility index (Phi) is 7.43. The van der Waals surface area contributed by atoms with Crippen LogP contribution < -0.4 is 10.6 Å². The Morgan fingerprint density at radius 2 is 1.93 bits per heavy atom. The smallest absolute Gasteiger partial charge is 0.410 e. The zero-order valence-electron chi connectivity index (χ0n) is 17.2. The third-order valence-electron chi connectivity index (χ3n) is 4.58. The van der Waals surface area contributed by atoms with Gasteiger partial charge in [0.15, 0.2) is 0 Å². The van der Waals surface area contributed by atoms with Crippen LogP contribution in [0.2, 0.25) is 0 Å². The van der Waals surface area contributed by atoms with E-state index in [2.05, 4.69) is 10.6 Å². The van der Waals surface area contributed by atoms with Gasteiger partial charge in [0.2, 0.25) is 11.8 Å². The number of ether oxygens (including phenoxy) is 1. The molecule has 1 aromatic carbocycles. The lowest BCUT2D eigenvalue weighted by Gasteiger charge is -2.31. The SMILES string of the molecule is CN(C(=O)OC(C)(C)C)[C@H](Cc1ccccc1)C(=O)N[C@H]1CCCCNC1=O. The van der Waals surface area contributed by atoms with Gasteiger partial charge in [-0.1, -0.05) is 30.3 Å². The van der Waals surface area contributed by atoms with Gasteiger partial charge in [-0.15, -0.1) is 0 Å². The second-order valence-electron chi connectivity index (χ2n) is 8.14. The molecule has 0 radical (unpaired) electrons. The molecule has 1 aliphatic heterocycles. The number of hydrogen-bond donors (Lipinski definition) is 2. The molecule has 1 fully saturated rings. The van der Waals surface area contributed by atoms with Crippen molar-refractivity contribution in [2.24, 2.45) is 0 Å². The number of amides is 3. The molecule has 7 heteroatoms. The lowest BCUT2D eigenvalue weighted by molar-refractivity contribution is -0.131. The fraction of sp³-hybridized carbons (Fsp3) is 0.571. The highest BCUT2D eigenvalue weighted by atomic mass is 16.6. The molecule has 1 aliphatic rings. The minimum absolute atomic E-state index is 0.177. The molecule has 1 aromatic rings. The van der Waals surface area contributed by atoms with Crippen molar-refractivity contribution in [1.29, 1.82) is 0 Å². The normalized spacial score (nSPS) is 18.4. The first-order valence-electron chi connectivity index (χ1n) is 9.75. The van der Waals surface area contributed by atoms with Crippen molar-refractivity contribution in [1.82, 2.24) is 15.5 Å². The number of nitrogens with zero attached hydrogens (tertiary/aromatic N) is 1. The van der Waals surface area contributed by atoms with E-state index in [-0.39, 0.29) is 11.8 Å². The Labute approximate surface area is 166 Å². The monoisotopic (exact) mass is 389 g/mol. The van der Waals surface area contributed by atoms with Crippen molar-refractivity contribution in [2.75, 3.05) is 13.6 Å². The van der Waals surface area contributed by atoms with Gasteiger partial charge in [-0.3, -0.25) is 14.5 Å². The summed E-state index contributed by atoms with van der Waals surface area (Å²) in [5.74, 6) is -0.538. The van der Waals surface area contributed by atoms with Crippen LogP contribution in [0, 0.1) is 0 Å². The summed E-state index contributed by atoms with van der Waals surface area (Å²) in [4.78, 5) is 39.1. The van der Waals surface area contributed by atoms with Crippen LogP contribution in [0.1, 0.15) is 45.6 Å². The Morgan fingerprint density at radius 3 is 2.57 bits per heavy atom. The Bertz CT molecular complexity index is 685. The van der Waals surface area contributed by atoms with Crippen molar-refractivity contribution in [2.45, 2.75) is 64.1 Å². The van der Waals surface area contributed by atoms with E-state index < -0.39 is 23.8 Å². The number of likely N-dealkylation sites (N-methyl/N-ethyl adjacent to an activating group) is 1. The molecule has 7 nitrogen and oxygen atoms in total. The summed E-state index contributed by atoms with van der Waals surface area (Å²) in [6, 6.07) is 8.11. The van der Waals surface area contributed by atoms with Crippen molar-refractivity contribution in [3.8, 4) is 0 Å². The van der Waals surface area contributed by atoms with Crippen molar-refractivity contribution >= 4 is 17.9 Å². The van der Waals surface area contributed by atoms with Crippen LogP contribution in [-0.2, 0) is 20.7 Å². The summed E-state index contributed by atoms with van der Waals surface area (Å²) < 4.78 is 5.43. The van der Waals surface area contributed by atoms with Crippen LogP contribution in [0.5, 0.6) is 0 Å². The van der Waals surface area contributed by atoms with E-state index in [9.17, 15) is 14.4 Å². The maximum Gasteiger partial charge on any atom is 0.410 e. The summed E-state index contributed by atoms with van der Waals surface area (Å²) in [5, 5.41) is 5.64. The molecule has 2 N–H and O–H groups in total. The number of hydrogen-bond acceptors (Lipinski definition) is 4. The van der Waals surface area contributed by atoms with Crippen LogP contribution in [-0.4, -0.2) is 54.1 Å². The minimum atomic E-state index is -0.784. The van der Waals surface area contributed by atoms with Crippen LogP contribution in [0.15, 0.2) is 30.3 Å². The lowest BCUT2D eigenvalue weighted by Crippen LogP contribution is -2.54. The molecule has 0 aliphatic carbocycles. The highest BCUT2D eigenvalue weighted by Crippen LogP contribution is 2.15. The number of benzene rings is 1. The van der Waals surface area contributed by atoms with Crippen LogP contribution in [0.4, 0.5) is 4.79 Å². The maximum atomic E-state index is 13.0. The van der Waals surface area contributed by atoms with Crippen LogP contribution in [0.3, 0.4) is 0 Å². The van der Waals surface area contributed by atoms with Gasteiger partial charge >= 0.3 is 6.09 Å². The van der Waals surface area contributed by atoms with Crippen LogP contribution >= 0.6 is 0 Å². The Morgan fingerprint density at radius 1 is 1.25 bits per heavy atom. The third kappa shape index (κ3) is 6.55. The highest BCUT2D eigenvalue weighted by Gasteiger charge is 2.33. The van der Waals surface area contributed by atoms with Crippen molar-refractivity contribution in [3.05, 3.63) is 35.9 Å². The molecule has 28 heavy (non-hydrogen) atoms. The molecule has 2 rings (SSSR count). The van der Waals surface area contributed by atoms with Gasteiger partial charge < -0.3 is 15.4 Å². The van der Waals surface area contributed by atoms with Gasteiger partial charge in [-0.2, -0.15) is 0 Å². The predicted molar refractivity (Wildman–Crippen MR) is 107 cm³/mol. The average Bonchev–Trinajstić information content (AvgIpc) is 2.83. The number of nitrogens with one attached hydrogen (secondary N) is 2. The Hall–Kier alpha value is -2.57.